The predicted molar refractivity (Wildman–Crippen MR) is 240 cm³/mol. The smallest absolute Gasteiger partial charge is 0.201 e. The van der Waals surface area contributed by atoms with Crippen molar-refractivity contribution in [3.05, 3.63) is 70.0 Å². The van der Waals surface area contributed by atoms with E-state index in [0.717, 1.165) is 62.2 Å². The van der Waals surface area contributed by atoms with Gasteiger partial charge in [-0.2, -0.15) is 0 Å². The molecule has 1 saturated heterocycles. The van der Waals surface area contributed by atoms with Crippen molar-refractivity contribution in [1.82, 2.24) is 4.98 Å². The van der Waals surface area contributed by atoms with Gasteiger partial charge in [-0.05, 0) is 159 Å². The number of phenols is 2. The summed E-state index contributed by atoms with van der Waals surface area (Å²) in [6, 6.07) is 8.90. The first-order valence-electron chi connectivity index (χ1n) is 24.9. The summed E-state index contributed by atoms with van der Waals surface area (Å²) < 4.78 is 19.7. The molecule has 2 aromatic carbocycles. The Morgan fingerprint density at radius 1 is 0.810 bits per heavy atom. The lowest BCUT2D eigenvalue weighted by atomic mass is 9.52. The van der Waals surface area contributed by atoms with Gasteiger partial charge in [-0.3, -0.25) is 0 Å². The van der Waals surface area contributed by atoms with Crippen LogP contribution < -0.4 is 9.47 Å². The number of aliphatic hydroxyl groups is 4. The Morgan fingerprint density at radius 3 is 2.38 bits per heavy atom. The molecule has 1 spiro atoms. The minimum Gasteiger partial charge on any atom is -0.504 e. The number of phenolic OH excluding ortho intramolecular Hbond substituents is 1. The second kappa shape index (κ2) is 17.8. The van der Waals surface area contributed by atoms with Gasteiger partial charge < -0.3 is 49.8 Å². The van der Waals surface area contributed by atoms with E-state index < -0.39 is 42.0 Å². The zero-order chi connectivity index (χ0) is 43.5. The quantitative estimate of drug-likeness (QED) is 0.115. The Bertz CT molecular complexity index is 2060. The van der Waals surface area contributed by atoms with Gasteiger partial charge in [-0.1, -0.05) is 50.7 Å². The van der Waals surface area contributed by atoms with E-state index in [-0.39, 0.29) is 46.5 Å². The number of hydrogen-bond acceptors (Lipinski definition) is 9. The molecule has 3 heterocycles. The third kappa shape index (κ3) is 8.21. The molecule has 10 nitrogen and oxygen atoms in total. The van der Waals surface area contributed by atoms with Gasteiger partial charge in [0.05, 0.1) is 50.3 Å². The number of H-pyrrole nitrogens is 1. The van der Waals surface area contributed by atoms with Crippen molar-refractivity contribution in [1.29, 1.82) is 0 Å². The molecule has 7 N–H and O–H groups in total. The summed E-state index contributed by atoms with van der Waals surface area (Å²) in [7, 11) is 1.46. The first-order valence-corrected chi connectivity index (χ1v) is 24.9. The maximum Gasteiger partial charge on any atom is 0.201 e. The summed E-state index contributed by atoms with van der Waals surface area (Å²) in [6.45, 7) is 0.119. The molecule has 5 saturated carbocycles. The Labute approximate surface area is 373 Å². The molecule has 6 fully saturated rings. The minimum atomic E-state index is -0.690. The molecule has 2 aliphatic heterocycles. The molecule has 0 radical (unpaired) electrons. The van der Waals surface area contributed by atoms with Crippen molar-refractivity contribution >= 4 is 0 Å². The molecular weight excluding hydrogens is 795 g/mol. The lowest BCUT2D eigenvalue weighted by Gasteiger charge is -2.53. The number of nitrogens with one attached hydrogen (secondary N) is 1. The van der Waals surface area contributed by atoms with Crippen molar-refractivity contribution in [3.8, 4) is 23.0 Å². The molecule has 1 aromatic heterocycles. The fourth-order valence-corrected chi connectivity index (χ4v) is 15.2. The van der Waals surface area contributed by atoms with Gasteiger partial charge in [0, 0.05) is 42.3 Å². The first-order chi connectivity index (χ1) is 30.6. The summed E-state index contributed by atoms with van der Waals surface area (Å²) in [6.07, 6.45) is 22.1. The molecule has 344 valence electrons. The lowest BCUT2D eigenvalue weighted by molar-refractivity contribution is -0.154. The third-order valence-electron chi connectivity index (χ3n) is 18.2. The second-order valence-corrected chi connectivity index (χ2v) is 21.6. The number of benzene rings is 2. The van der Waals surface area contributed by atoms with Gasteiger partial charge in [-0.25, -0.2) is 0 Å². The summed E-state index contributed by atoms with van der Waals surface area (Å²) in [5.41, 5.74) is 4.27. The zero-order valence-electron chi connectivity index (χ0n) is 37.5. The minimum absolute atomic E-state index is 0.0511. The molecule has 11 atom stereocenters. The van der Waals surface area contributed by atoms with Gasteiger partial charge in [-0.15, -0.1) is 0 Å². The highest BCUT2D eigenvalue weighted by Gasteiger charge is 2.55. The van der Waals surface area contributed by atoms with Gasteiger partial charge >= 0.3 is 0 Å². The average Bonchev–Trinajstić information content (AvgIpc) is 4.14. The summed E-state index contributed by atoms with van der Waals surface area (Å²) in [5.74, 6) is 2.50. The van der Waals surface area contributed by atoms with Gasteiger partial charge in [0.2, 0.25) is 5.75 Å². The van der Waals surface area contributed by atoms with Crippen molar-refractivity contribution in [2.24, 2.45) is 35.0 Å². The van der Waals surface area contributed by atoms with Crippen LogP contribution in [0, 0.1) is 35.0 Å². The van der Waals surface area contributed by atoms with Crippen LogP contribution in [0.15, 0.2) is 36.7 Å². The molecule has 10 rings (SSSR count). The van der Waals surface area contributed by atoms with Crippen molar-refractivity contribution in [2.45, 2.75) is 183 Å². The van der Waals surface area contributed by atoms with Crippen LogP contribution in [-0.4, -0.2) is 73.3 Å². The largest absolute Gasteiger partial charge is 0.504 e. The maximum absolute atomic E-state index is 12.6. The van der Waals surface area contributed by atoms with E-state index in [2.05, 4.69) is 23.2 Å². The Morgan fingerprint density at radius 2 is 1.62 bits per heavy atom. The number of hydrogen-bond donors (Lipinski definition) is 7. The van der Waals surface area contributed by atoms with Crippen LogP contribution in [0.1, 0.15) is 180 Å². The van der Waals surface area contributed by atoms with E-state index in [9.17, 15) is 30.6 Å². The van der Waals surface area contributed by atoms with Gasteiger partial charge in [0.1, 0.15) is 5.75 Å². The molecule has 10 heteroatoms. The number of aromatic amines is 1. The van der Waals surface area contributed by atoms with Crippen LogP contribution in [-0.2, 0) is 17.8 Å². The number of ether oxygens (including phenoxy) is 3. The molecule has 0 unspecified atom stereocenters. The average molecular weight is 868 g/mol. The molecule has 0 amide bonds. The normalized spacial score (nSPS) is 35.8. The monoisotopic (exact) mass is 868 g/mol. The first kappa shape index (κ1) is 43.6. The Kier molecular flexibility index (Phi) is 12.3. The number of aliphatic hydroxyl groups excluding tert-OH is 3. The maximum atomic E-state index is 12.6. The summed E-state index contributed by atoms with van der Waals surface area (Å²) in [5, 5.41) is 69.2. The number of fused-ring (bicyclic) bond motifs is 7. The number of methoxy groups -OCH3 is 1. The predicted octanol–water partition coefficient (Wildman–Crippen LogP) is 9.61. The molecule has 5 aliphatic carbocycles. The van der Waals surface area contributed by atoms with Crippen LogP contribution in [0.25, 0.3) is 0 Å². The molecule has 3 aromatic rings. The van der Waals surface area contributed by atoms with Crippen LogP contribution in [0.5, 0.6) is 23.0 Å². The molecule has 63 heavy (non-hydrogen) atoms. The Balaban J connectivity index is 0.998. The fraction of sp³-hybridized carbons (Fsp3) is 0.698. The topological polar surface area (TPSA) is 165 Å². The standard InChI is InChI=1S/C53H73NO9/c1-61-51-40(22-32-14-20-54-29-32)47(41(30-55)49(58)50(51)59)46-26-43(57)37-10-8-35(25-45(37)63-46)34-9-11-44-38(23-34)39-24-36(33-6-2-3-7-33)28-52(16-4-5-17-52)48(39)42(56)13-19-53(60)18-12-31(27-53)15-21-62-44/h9,11,14,20,23,29,31,33,35-37,39,42-43,45-46,48,54-60H,2-8,10,12-13,15-19,21-22,24-28,30H2,1H3/t31-,35-,36+,37+,39-,42-,43+,45+,46+,48-,53-/m1/s1. The number of aromatic nitrogens is 1. The number of aromatic hydroxyl groups is 2. The van der Waals surface area contributed by atoms with Crippen LogP contribution in [0.4, 0.5) is 0 Å². The van der Waals surface area contributed by atoms with Crippen LogP contribution >= 0.6 is 0 Å². The SMILES string of the molecule is COc1c(O)c(O)c(CO)c([C@@H]2C[C@H](O)[C@@H]3CC[C@@H](c4ccc5c(c4)[C@H]4C[C@H](C6CCCC6)CC6(CCCC6)[C@H]4[C@H](O)CC[C@]4(O)CC[C@H](CCO5)C4)C[C@@H]3O2)c1Cc1cc[nH]c1. The van der Waals surface area contributed by atoms with E-state index >= 15 is 0 Å². The number of rotatable bonds is 7. The highest BCUT2D eigenvalue weighted by atomic mass is 16.5. The highest BCUT2D eigenvalue weighted by Crippen LogP contribution is 2.63. The van der Waals surface area contributed by atoms with Crippen molar-refractivity contribution in [3.63, 3.8) is 0 Å². The van der Waals surface area contributed by atoms with Crippen LogP contribution in [0.2, 0.25) is 0 Å². The highest BCUT2D eigenvalue weighted by molar-refractivity contribution is 5.64. The van der Waals surface area contributed by atoms with Crippen molar-refractivity contribution in [2.75, 3.05) is 13.7 Å². The third-order valence-corrected chi connectivity index (χ3v) is 18.2. The van der Waals surface area contributed by atoms with Gasteiger partial charge in [0.15, 0.2) is 11.5 Å². The van der Waals surface area contributed by atoms with E-state index in [4.69, 9.17) is 14.2 Å². The van der Waals surface area contributed by atoms with Gasteiger partial charge in [0.25, 0.3) is 0 Å². The van der Waals surface area contributed by atoms with Crippen LogP contribution in [0.3, 0.4) is 0 Å². The molecule has 7 aliphatic rings. The van der Waals surface area contributed by atoms with E-state index in [0.29, 0.717) is 61.7 Å². The second-order valence-electron chi connectivity index (χ2n) is 21.6. The Hall–Kier alpha value is -3.28. The summed E-state index contributed by atoms with van der Waals surface area (Å²) >= 11 is 0. The van der Waals surface area contributed by atoms with E-state index in [1.165, 1.54) is 76.0 Å². The summed E-state index contributed by atoms with van der Waals surface area (Å²) in [4.78, 5) is 3.09. The van der Waals surface area contributed by atoms with E-state index in [1.54, 1.807) is 0 Å². The molecule has 2 bridgehead atoms. The lowest BCUT2D eigenvalue weighted by Crippen LogP contribution is -2.47. The van der Waals surface area contributed by atoms with Crippen molar-refractivity contribution < 1.29 is 44.8 Å². The van der Waals surface area contributed by atoms with E-state index in [1.807, 2.05) is 18.5 Å². The zero-order valence-corrected chi connectivity index (χ0v) is 37.5. The molecular formula is C53H73NO9. The fourth-order valence-electron chi connectivity index (χ4n) is 15.2.